The largest absolute Gasteiger partial charge is 0.320 e. The maximum Gasteiger partial charge on any atom is 0.0481 e. The second-order valence-electron chi connectivity index (χ2n) is 3.27. The van der Waals surface area contributed by atoms with E-state index >= 15 is 0 Å². The van der Waals surface area contributed by atoms with E-state index in [2.05, 4.69) is 23.1 Å². The van der Waals surface area contributed by atoms with Crippen molar-refractivity contribution in [3.63, 3.8) is 0 Å². The van der Waals surface area contributed by atoms with Gasteiger partial charge in [-0.3, -0.25) is 3.63 Å². The number of rotatable bonds is 8. The fraction of sp³-hybridized carbons (Fsp3) is 1.00. The Balaban J connectivity index is 3.29. The van der Waals surface area contributed by atoms with Crippen molar-refractivity contribution >= 4 is 22.4 Å². The van der Waals surface area contributed by atoms with Crippen molar-refractivity contribution in [2.45, 2.75) is 6.42 Å². The highest BCUT2D eigenvalue weighted by Crippen LogP contribution is 2.42. The van der Waals surface area contributed by atoms with E-state index < -0.39 is 10.3 Å². The van der Waals surface area contributed by atoms with E-state index in [0.29, 0.717) is 0 Å². The van der Waals surface area contributed by atoms with Crippen molar-refractivity contribution in [2.75, 3.05) is 44.8 Å². The van der Waals surface area contributed by atoms with Crippen LogP contribution in [0, 0.1) is 0 Å². The second-order valence-corrected chi connectivity index (χ2v) is 7.31. The molecule has 3 nitrogen and oxygen atoms in total. The fourth-order valence-electron chi connectivity index (χ4n) is 0.916. The average Bonchev–Trinajstić information content (AvgIpc) is 2.04. The van der Waals surface area contributed by atoms with E-state index in [0.717, 1.165) is 19.0 Å². The molecule has 0 saturated heterocycles. The Hall–Kier alpha value is 0.580. The summed E-state index contributed by atoms with van der Waals surface area (Å²) in [6.45, 7) is 2.14. The van der Waals surface area contributed by atoms with Gasteiger partial charge in [0.05, 0.1) is 0 Å². The van der Waals surface area contributed by atoms with E-state index in [1.165, 1.54) is 18.5 Å². The lowest BCUT2D eigenvalue weighted by Gasteiger charge is -2.29. The minimum Gasteiger partial charge on any atom is -0.320 e. The Morgan fingerprint density at radius 1 is 1.31 bits per heavy atom. The summed E-state index contributed by atoms with van der Waals surface area (Å²) in [5.74, 6) is 0.984. The van der Waals surface area contributed by atoms with E-state index in [1.807, 2.05) is 13.3 Å². The van der Waals surface area contributed by atoms with Crippen molar-refractivity contribution in [1.29, 1.82) is 0 Å². The molecule has 0 fully saturated rings. The SMILES string of the molecule is CNCCCNCS(C)(C)OSC. The predicted octanol–water partition coefficient (Wildman–Crippen LogP) is 1.42. The highest BCUT2D eigenvalue weighted by Gasteiger charge is 2.10. The Labute approximate surface area is 88.1 Å². The molecule has 82 valence electrons. The van der Waals surface area contributed by atoms with Gasteiger partial charge in [0.15, 0.2) is 0 Å². The van der Waals surface area contributed by atoms with Gasteiger partial charge in [0, 0.05) is 24.2 Å². The zero-order valence-electron chi connectivity index (χ0n) is 9.05. The zero-order valence-corrected chi connectivity index (χ0v) is 10.7. The molecular formula is C8H22N2OS2. The van der Waals surface area contributed by atoms with Gasteiger partial charge >= 0.3 is 0 Å². The van der Waals surface area contributed by atoms with E-state index in [-0.39, 0.29) is 0 Å². The third kappa shape index (κ3) is 8.90. The van der Waals surface area contributed by atoms with Gasteiger partial charge in [-0.2, -0.15) is 0 Å². The van der Waals surface area contributed by atoms with Crippen LogP contribution in [0.15, 0.2) is 0 Å². The normalized spacial score (nSPS) is 13.2. The molecule has 0 spiro atoms. The Kier molecular flexibility index (Phi) is 8.29. The summed E-state index contributed by atoms with van der Waals surface area (Å²) in [4.78, 5) is 0. The molecule has 13 heavy (non-hydrogen) atoms. The van der Waals surface area contributed by atoms with Crippen molar-refractivity contribution in [3.8, 4) is 0 Å². The molecule has 5 heteroatoms. The third-order valence-electron chi connectivity index (χ3n) is 1.48. The quantitative estimate of drug-likeness (QED) is 0.484. The molecule has 0 aliphatic heterocycles. The Bertz CT molecular complexity index is 123. The lowest BCUT2D eigenvalue weighted by Crippen LogP contribution is -2.24. The first-order chi connectivity index (χ1) is 6.12. The first-order valence-electron chi connectivity index (χ1n) is 4.41. The van der Waals surface area contributed by atoms with E-state index in [9.17, 15) is 0 Å². The summed E-state index contributed by atoms with van der Waals surface area (Å²) < 4.78 is 5.56. The molecule has 0 unspecified atom stereocenters. The molecule has 0 aromatic carbocycles. The lowest BCUT2D eigenvalue weighted by atomic mass is 10.4. The van der Waals surface area contributed by atoms with Gasteiger partial charge in [-0.1, -0.05) is 0 Å². The molecule has 0 heterocycles. The van der Waals surface area contributed by atoms with E-state index in [4.69, 9.17) is 3.63 Å². The zero-order chi connectivity index (χ0) is 10.2. The lowest BCUT2D eigenvalue weighted by molar-refractivity contribution is 0.653. The highest BCUT2D eigenvalue weighted by molar-refractivity contribution is 8.32. The van der Waals surface area contributed by atoms with Crippen LogP contribution in [0.2, 0.25) is 0 Å². The van der Waals surface area contributed by atoms with Crippen LogP contribution in [0.5, 0.6) is 0 Å². The van der Waals surface area contributed by atoms with Crippen LogP contribution in [0.1, 0.15) is 6.42 Å². The van der Waals surface area contributed by atoms with Crippen molar-refractivity contribution in [1.82, 2.24) is 10.6 Å². The summed E-state index contributed by atoms with van der Waals surface area (Å²) >= 11 is 1.46. The number of nitrogens with one attached hydrogen (secondary N) is 2. The maximum absolute atomic E-state index is 5.56. The average molecular weight is 226 g/mol. The van der Waals surface area contributed by atoms with Crippen LogP contribution >= 0.6 is 22.4 Å². The molecule has 0 amide bonds. The van der Waals surface area contributed by atoms with Crippen LogP contribution in [0.4, 0.5) is 0 Å². The summed E-state index contributed by atoms with van der Waals surface area (Å²) in [6, 6.07) is 0. The van der Waals surface area contributed by atoms with Gasteiger partial charge in [0.1, 0.15) is 0 Å². The predicted molar refractivity (Wildman–Crippen MR) is 65.5 cm³/mol. The number of hydrogen-bond donors (Lipinski definition) is 2. The van der Waals surface area contributed by atoms with Crippen LogP contribution < -0.4 is 10.6 Å². The van der Waals surface area contributed by atoms with Gasteiger partial charge in [0.25, 0.3) is 0 Å². The number of hydrogen-bond acceptors (Lipinski definition) is 4. The van der Waals surface area contributed by atoms with Crippen LogP contribution in [0.25, 0.3) is 0 Å². The third-order valence-corrected chi connectivity index (χ3v) is 4.40. The summed E-state index contributed by atoms with van der Waals surface area (Å²) in [5, 5.41) is 6.53. The Morgan fingerprint density at radius 2 is 2.00 bits per heavy atom. The first kappa shape index (κ1) is 13.6. The van der Waals surface area contributed by atoms with Crippen molar-refractivity contribution in [3.05, 3.63) is 0 Å². The fourth-order valence-corrected chi connectivity index (χ4v) is 3.22. The molecular weight excluding hydrogens is 204 g/mol. The minimum atomic E-state index is -0.887. The molecule has 0 bridgehead atoms. The van der Waals surface area contributed by atoms with Crippen LogP contribution in [0.3, 0.4) is 0 Å². The van der Waals surface area contributed by atoms with Gasteiger partial charge < -0.3 is 10.6 Å². The molecule has 0 atom stereocenters. The smallest absolute Gasteiger partial charge is 0.0481 e. The first-order valence-corrected chi connectivity index (χ1v) is 8.10. The molecule has 0 aromatic rings. The maximum atomic E-state index is 5.56. The van der Waals surface area contributed by atoms with Gasteiger partial charge in [-0.25, -0.2) is 0 Å². The van der Waals surface area contributed by atoms with Gasteiger partial charge in [-0.05, 0) is 39.1 Å². The molecule has 0 aromatic heterocycles. The topological polar surface area (TPSA) is 33.3 Å². The van der Waals surface area contributed by atoms with Crippen LogP contribution in [-0.4, -0.2) is 44.8 Å². The minimum absolute atomic E-state index is 0.887. The monoisotopic (exact) mass is 226 g/mol. The molecule has 0 saturated carbocycles. The molecule has 0 aliphatic carbocycles. The molecule has 0 aliphatic rings. The van der Waals surface area contributed by atoms with Crippen LogP contribution in [-0.2, 0) is 3.63 Å². The molecule has 0 rings (SSSR count). The molecule has 0 radical (unpaired) electrons. The van der Waals surface area contributed by atoms with Crippen molar-refractivity contribution < 1.29 is 3.63 Å². The van der Waals surface area contributed by atoms with Gasteiger partial charge in [0.2, 0.25) is 0 Å². The second kappa shape index (κ2) is 7.94. The summed E-state index contributed by atoms with van der Waals surface area (Å²) in [6.07, 6.45) is 7.49. The van der Waals surface area contributed by atoms with Crippen molar-refractivity contribution in [2.24, 2.45) is 0 Å². The summed E-state index contributed by atoms with van der Waals surface area (Å²) in [5.41, 5.74) is 0. The Morgan fingerprint density at radius 3 is 2.54 bits per heavy atom. The summed E-state index contributed by atoms with van der Waals surface area (Å²) in [7, 11) is 1.09. The van der Waals surface area contributed by atoms with Gasteiger partial charge in [-0.15, -0.1) is 10.3 Å². The molecule has 2 N–H and O–H groups in total. The van der Waals surface area contributed by atoms with E-state index in [1.54, 1.807) is 0 Å². The standard InChI is InChI=1S/C8H22N2OS2/c1-9-6-5-7-10-8-13(3,4)11-12-2/h9-10H,5-8H2,1-4H3. The highest BCUT2D eigenvalue weighted by atomic mass is 32.3.